The molecule has 1 aromatic heterocycles. The van der Waals surface area contributed by atoms with Crippen LogP contribution in [-0.4, -0.2) is 4.98 Å². The molecule has 3 nitrogen and oxygen atoms in total. The highest BCUT2D eigenvalue weighted by atomic mass is 15.0. The van der Waals surface area contributed by atoms with Crippen LogP contribution in [0, 0.1) is 0 Å². The van der Waals surface area contributed by atoms with Gasteiger partial charge in [0.1, 0.15) is 0 Å². The van der Waals surface area contributed by atoms with Gasteiger partial charge in [-0.05, 0) is 42.3 Å². The highest BCUT2D eigenvalue weighted by Gasteiger charge is 2.06. The van der Waals surface area contributed by atoms with E-state index in [0.29, 0.717) is 0 Å². The van der Waals surface area contributed by atoms with Crippen LogP contribution < -0.4 is 10.6 Å². The average molecular weight is 289 g/mol. The van der Waals surface area contributed by atoms with Crippen molar-refractivity contribution >= 4 is 22.9 Å². The first-order valence-corrected chi connectivity index (χ1v) is 7.49. The summed E-state index contributed by atoms with van der Waals surface area (Å²) in [7, 11) is 0. The molecule has 2 aromatic carbocycles. The molecule has 0 bridgehead atoms. The van der Waals surface area contributed by atoms with Gasteiger partial charge in [-0.3, -0.25) is 0 Å². The molecule has 3 aromatic rings. The number of pyridine rings is 1. The molecule has 110 valence electrons. The molecule has 3 rings (SSSR count). The Kier molecular flexibility index (Phi) is 4.35. The molecule has 0 spiro atoms. The minimum absolute atomic E-state index is 0.826. The van der Waals surface area contributed by atoms with E-state index in [1.54, 1.807) is 6.20 Å². The average Bonchev–Trinajstić information content (AvgIpc) is 2.58. The van der Waals surface area contributed by atoms with E-state index < -0.39 is 0 Å². The van der Waals surface area contributed by atoms with E-state index in [0.717, 1.165) is 29.3 Å². The van der Waals surface area contributed by atoms with Gasteiger partial charge in [0.05, 0.1) is 5.69 Å². The first kappa shape index (κ1) is 14.1. The second-order valence-corrected chi connectivity index (χ2v) is 5.03. The molecule has 22 heavy (non-hydrogen) atoms. The fourth-order valence-corrected chi connectivity index (χ4v) is 2.36. The molecular weight excluding hydrogens is 270 g/mol. The standard InChI is InChI=1S/C19H19N3/c1-2-15-9-6-7-12-17(15)22-19-18(13-8-14-20-19)21-16-10-4-3-5-11-16/h3-14,21H,2H2,1H3,(H,20,22). The molecule has 0 aliphatic rings. The lowest BCUT2D eigenvalue weighted by Crippen LogP contribution is -2.01. The van der Waals surface area contributed by atoms with Crippen molar-refractivity contribution < 1.29 is 0 Å². The summed E-state index contributed by atoms with van der Waals surface area (Å²) in [5.74, 6) is 0.826. The smallest absolute Gasteiger partial charge is 0.154 e. The highest BCUT2D eigenvalue weighted by molar-refractivity contribution is 5.75. The number of nitrogens with zero attached hydrogens (tertiary/aromatic N) is 1. The normalized spacial score (nSPS) is 10.2. The molecule has 1 heterocycles. The van der Waals surface area contributed by atoms with Gasteiger partial charge >= 0.3 is 0 Å². The van der Waals surface area contributed by atoms with Crippen LogP contribution in [0.5, 0.6) is 0 Å². The van der Waals surface area contributed by atoms with Crippen molar-refractivity contribution in [1.29, 1.82) is 0 Å². The van der Waals surface area contributed by atoms with Gasteiger partial charge in [-0.15, -0.1) is 0 Å². The number of aryl methyl sites for hydroxylation is 1. The molecule has 0 aliphatic carbocycles. The number of aromatic nitrogens is 1. The Bertz CT molecular complexity index is 738. The van der Waals surface area contributed by atoms with E-state index in [1.807, 2.05) is 48.5 Å². The topological polar surface area (TPSA) is 37.0 Å². The Balaban J connectivity index is 1.88. The van der Waals surface area contributed by atoms with Crippen molar-refractivity contribution in [3.8, 4) is 0 Å². The third-order valence-corrected chi connectivity index (χ3v) is 3.51. The quantitative estimate of drug-likeness (QED) is 0.683. The van der Waals surface area contributed by atoms with E-state index >= 15 is 0 Å². The Morgan fingerprint density at radius 2 is 1.50 bits per heavy atom. The van der Waals surface area contributed by atoms with Crippen LogP contribution in [0.15, 0.2) is 72.9 Å². The van der Waals surface area contributed by atoms with E-state index in [9.17, 15) is 0 Å². The van der Waals surface area contributed by atoms with Crippen molar-refractivity contribution in [2.45, 2.75) is 13.3 Å². The predicted octanol–water partition coefficient (Wildman–Crippen LogP) is 5.13. The van der Waals surface area contributed by atoms with Crippen LogP contribution in [0.3, 0.4) is 0 Å². The van der Waals surface area contributed by atoms with Gasteiger partial charge in [0.15, 0.2) is 5.82 Å². The zero-order valence-electron chi connectivity index (χ0n) is 12.6. The minimum Gasteiger partial charge on any atom is -0.353 e. The van der Waals surface area contributed by atoms with Crippen LogP contribution in [0.25, 0.3) is 0 Å². The summed E-state index contributed by atoms with van der Waals surface area (Å²) in [4.78, 5) is 4.47. The molecule has 0 saturated carbocycles. The largest absolute Gasteiger partial charge is 0.353 e. The van der Waals surface area contributed by atoms with Gasteiger partial charge in [0, 0.05) is 17.6 Å². The number of rotatable bonds is 5. The number of nitrogens with one attached hydrogen (secondary N) is 2. The maximum absolute atomic E-state index is 4.47. The molecule has 2 N–H and O–H groups in total. The van der Waals surface area contributed by atoms with Crippen LogP contribution in [0.1, 0.15) is 12.5 Å². The van der Waals surface area contributed by atoms with Crippen LogP contribution in [-0.2, 0) is 6.42 Å². The fraction of sp³-hybridized carbons (Fsp3) is 0.105. The van der Waals surface area contributed by atoms with Crippen molar-refractivity contribution in [1.82, 2.24) is 4.98 Å². The van der Waals surface area contributed by atoms with Gasteiger partial charge in [0.25, 0.3) is 0 Å². The first-order valence-electron chi connectivity index (χ1n) is 7.49. The van der Waals surface area contributed by atoms with Crippen molar-refractivity contribution in [2.75, 3.05) is 10.6 Å². The monoisotopic (exact) mass is 289 g/mol. The Labute approximate surface area is 131 Å². The molecular formula is C19H19N3. The summed E-state index contributed by atoms with van der Waals surface area (Å²) in [6.45, 7) is 2.15. The Morgan fingerprint density at radius 3 is 2.32 bits per heavy atom. The van der Waals surface area contributed by atoms with Crippen LogP contribution in [0.4, 0.5) is 22.9 Å². The summed E-state index contributed by atoms with van der Waals surface area (Å²) in [5.41, 5.74) is 4.38. The molecule has 3 heteroatoms. The van der Waals surface area contributed by atoms with Crippen LogP contribution >= 0.6 is 0 Å². The maximum Gasteiger partial charge on any atom is 0.154 e. The Morgan fingerprint density at radius 1 is 0.773 bits per heavy atom. The number of benzene rings is 2. The molecule has 0 atom stereocenters. The van der Waals surface area contributed by atoms with Gasteiger partial charge in [0.2, 0.25) is 0 Å². The van der Waals surface area contributed by atoms with Crippen molar-refractivity contribution in [2.24, 2.45) is 0 Å². The van der Waals surface area contributed by atoms with Gasteiger partial charge in [-0.1, -0.05) is 43.3 Å². The second kappa shape index (κ2) is 6.76. The third-order valence-electron chi connectivity index (χ3n) is 3.51. The van der Waals surface area contributed by atoms with E-state index in [1.165, 1.54) is 5.56 Å². The molecule has 0 saturated heterocycles. The summed E-state index contributed by atoms with van der Waals surface area (Å²) in [6.07, 6.45) is 2.78. The minimum atomic E-state index is 0.826. The summed E-state index contributed by atoms with van der Waals surface area (Å²) < 4.78 is 0. The number of para-hydroxylation sites is 2. The molecule has 0 radical (unpaired) electrons. The SMILES string of the molecule is CCc1ccccc1Nc1ncccc1Nc1ccccc1. The van der Waals surface area contributed by atoms with Gasteiger partial charge in [-0.2, -0.15) is 0 Å². The van der Waals surface area contributed by atoms with Crippen molar-refractivity contribution in [3.05, 3.63) is 78.5 Å². The van der Waals surface area contributed by atoms with E-state index in [-0.39, 0.29) is 0 Å². The lowest BCUT2D eigenvalue weighted by atomic mass is 10.1. The Hall–Kier alpha value is -2.81. The maximum atomic E-state index is 4.47. The van der Waals surface area contributed by atoms with Gasteiger partial charge in [-0.25, -0.2) is 4.98 Å². The predicted molar refractivity (Wildman–Crippen MR) is 93.1 cm³/mol. The molecule has 0 fully saturated rings. The summed E-state index contributed by atoms with van der Waals surface area (Å²) in [5, 5.41) is 6.84. The zero-order chi connectivity index (χ0) is 15.2. The second-order valence-electron chi connectivity index (χ2n) is 5.03. The summed E-state index contributed by atoms with van der Waals surface area (Å²) in [6, 6.07) is 22.4. The number of hydrogen-bond donors (Lipinski definition) is 2. The van der Waals surface area contributed by atoms with Gasteiger partial charge < -0.3 is 10.6 Å². The third kappa shape index (κ3) is 3.26. The summed E-state index contributed by atoms with van der Waals surface area (Å²) >= 11 is 0. The molecule has 0 amide bonds. The molecule has 0 unspecified atom stereocenters. The zero-order valence-corrected chi connectivity index (χ0v) is 12.6. The highest BCUT2D eigenvalue weighted by Crippen LogP contribution is 2.27. The lowest BCUT2D eigenvalue weighted by Gasteiger charge is -2.14. The molecule has 0 aliphatic heterocycles. The fourth-order valence-electron chi connectivity index (χ4n) is 2.36. The van der Waals surface area contributed by atoms with E-state index in [2.05, 4.69) is 40.7 Å². The number of anilines is 4. The first-order chi connectivity index (χ1) is 10.9. The van der Waals surface area contributed by atoms with E-state index in [4.69, 9.17) is 0 Å². The number of hydrogen-bond acceptors (Lipinski definition) is 3. The van der Waals surface area contributed by atoms with Crippen LogP contribution in [0.2, 0.25) is 0 Å². The van der Waals surface area contributed by atoms with Crippen molar-refractivity contribution in [3.63, 3.8) is 0 Å². The lowest BCUT2D eigenvalue weighted by molar-refractivity contribution is 1.14.